The van der Waals surface area contributed by atoms with Crippen LogP contribution in [0.4, 0.5) is 10.7 Å². The number of hydrogen-bond acceptors (Lipinski definition) is 11. The summed E-state index contributed by atoms with van der Waals surface area (Å²) in [5.41, 5.74) is 2.24. The molecule has 42 heavy (non-hydrogen) atoms. The molecular weight excluding hydrogens is 552 g/mol. The highest BCUT2D eigenvalue weighted by Crippen LogP contribution is 2.38. The molecule has 15 nitrogen and oxygen atoms in total. The summed E-state index contributed by atoms with van der Waals surface area (Å²) in [6.45, 7) is -0.0905. The van der Waals surface area contributed by atoms with Gasteiger partial charge in [-0.2, -0.15) is 0 Å². The molecule has 0 saturated carbocycles. The van der Waals surface area contributed by atoms with Gasteiger partial charge in [0.1, 0.15) is 12.5 Å². The molecule has 1 N–H and O–H groups in total. The minimum absolute atomic E-state index is 0.0580. The molecule has 0 spiro atoms. The first kappa shape index (κ1) is 26.6. The fourth-order valence-corrected chi connectivity index (χ4v) is 4.99. The predicted molar refractivity (Wildman–Crippen MR) is 147 cm³/mol. The topological polar surface area (TPSA) is 171 Å². The van der Waals surface area contributed by atoms with Crippen molar-refractivity contribution in [1.29, 1.82) is 0 Å². The van der Waals surface area contributed by atoms with Crippen molar-refractivity contribution in [2.24, 2.45) is 7.05 Å². The minimum Gasteiger partial charge on any atom is -0.493 e. The van der Waals surface area contributed by atoms with E-state index in [2.05, 4.69) is 15.3 Å². The first-order valence-corrected chi connectivity index (χ1v) is 12.7. The maximum absolute atomic E-state index is 14.0. The van der Waals surface area contributed by atoms with E-state index in [0.29, 0.717) is 61.6 Å². The Labute approximate surface area is 236 Å². The Morgan fingerprint density at radius 3 is 2.55 bits per heavy atom. The van der Waals surface area contributed by atoms with Gasteiger partial charge in [-0.1, -0.05) is 4.98 Å². The van der Waals surface area contributed by atoms with Gasteiger partial charge in [-0.15, -0.1) is 0 Å². The standard InChI is InChI=1S/C27H24N6O9/c1-31-14(10-29-26(31)33(36)37)11-40-27(35)28-5-4-15-24-16-6-22-23(42-13-41-22)8-18(16)30-12-32(24)19-9-21(39-3)20(38-2)7-17(19)25(15)34/h6-10,12H,4-5,11,13H2,1-3H3,(H,28,35). The van der Waals surface area contributed by atoms with Crippen molar-refractivity contribution in [3.63, 3.8) is 0 Å². The van der Waals surface area contributed by atoms with Gasteiger partial charge in [0.25, 0.3) is 0 Å². The van der Waals surface area contributed by atoms with E-state index in [1.165, 1.54) is 32.0 Å². The Balaban J connectivity index is 1.36. The largest absolute Gasteiger partial charge is 0.493 e. The van der Waals surface area contributed by atoms with E-state index in [1.54, 1.807) is 35.0 Å². The average molecular weight is 577 g/mol. The summed E-state index contributed by atoms with van der Waals surface area (Å²) in [5.74, 6) is 1.55. The van der Waals surface area contributed by atoms with Crippen LogP contribution in [0.25, 0.3) is 27.3 Å². The van der Waals surface area contributed by atoms with Crippen molar-refractivity contribution in [3.8, 4) is 23.0 Å². The summed E-state index contributed by atoms with van der Waals surface area (Å²) < 4.78 is 30.2. The number of fused-ring (bicyclic) bond motifs is 6. The zero-order valence-corrected chi connectivity index (χ0v) is 22.7. The molecule has 1 aliphatic rings. The molecule has 216 valence electrons. The number of carbonyl (C=O) groups excluding carboxylic acids is 1. The maximum atomic E-state index is 14.0. The third-order valence-electron chi connectivity index (χ3n) is 7.08. The van der Waals surface area contributed by atoms with Gasteiger partial charge in [0.2, 0.25) is 6.79 Å². The SMILES string of the molecule is COc1cc2c(=O)c(CCNC(=O)OCc3cnc([N+](=O)[O-])n3C)c3c4cc5c(cc4ncn3c2cc1OC)OCO5. The number of ether oxygens (including phenoxy) is 5. The van der Waals surface area contributed by atoms with Crippen molar-refractivity contribution in [2.75, 3.05) is 27.6 Å². The number of imidazole rings is 1. The van der Waals surface area contributed by atoms with Crippen LogP contribution in [0.15, 0.2) is 41.6 Å². The summed E-state index contributed by atoms with van der Waals surface area (Å²) >= 11 is 0. The highest BCUT2D eigenvalue weighted by Gasteiger charge is 2.22. The summed E-state index contributed by atoms with van der Waals surface area (Å²) in [6, 6.07) is 6.86. The van der Waals surface area contributed by atoms with E-state index in [9.17, 15) is 19.7 Å². The number of rotatable bonds is 8. The summed E-state index contributed by atoms with van der Waals surface area (Å²) in [5, 5.41) is 14.7. The van der Waals surface area contributed by atoms with Crippen molar-refractivity contribution in [3.05, 3.63) is 68.4 Å². The second kappa shape index (κ2) is 10.4. The normalized spacial score (nSPS) is 12.2. The van der Waals surface area contributed by atoms with E-state index < -0.39 is 11.0 Å². The van der Waals surface area contributed by atoms with E-state index in [0.717, 1.165) is 0 Å². The number of amides is 1. The van der Waals surface area contributed by atoms with Crippen molar-refractivity contribution < 1.29 is 33.4 Å². The third-order valence-corrected chi connectivity index (χ3v) is 7.08. The molecule has 15 heteroatoms. The Morgan fingerprint density at radius 1 is 1.10 bits per heavy atom. The molecule has 6 rings (SSSR count). The lowest BCUT2D eigenvalue weighted by molar-refractivity contribution is -0.396. The molecule has 2 aromatic carbocycles. The molecule has 0 bridgehead atoms. The number of methoxy groups -OCH3 is 2. The number of nitrogens with zero attached hydrogens (tertiary/aromatic N) is 5. The van der Waals surface area contributed by atoms with Crippen LogP contribution in [0.2, 0.25) is 0 Å². The Morgan fingerprint density at radius 2 is 1.83 bits per heavy atom. The van der Waals surface area contributed by atoms with Crippen LogP contribution in [0, 0.1) is 10.1 Å². The molecule has 3 aromatic heterocycles. The highest BCUT2D eigenvalue weighted by molar-refractivity contribution is 6.01. The fraction of sp³-hybridized carbons (Fsp3) is 0.259. The molecule has 0 fully saturated rings. The summed E-state index contributed by atoms with van der Waals surface area (Å²) in [7, 11) is 4.45. The second-order valence-electron chi connectivity index (χ2n) is 9.34. The first-order chi connectivity index (χ1) is 20.3. The van der Waals surface area contributed by atoms with Crippen LogP contribution in [-0.4, -0.2) is 57.5 Å². The van der Waals surface area contributed by atoms with Gasteiger partial charge in [-0.25, -0.2) is 14.3 Å². The second-order valence-corrected chi connectivity index (χ2v) is 9.34. The van der Waals surface area contributed by atoms with Crippen LogP contribution in [0.1, 0.15) is 11.3 Å². The number of carbonyl (C=O) groups is 1. The molecule has 0 saturated heterocycles. The van der Waals surface area contributed by atoms with Gasteiger partial charge in [0, 0.05) is 29.6 Å². The lowest BCUT2D eigenvalue weighted by Crippen LogP contribution is -2.28. The average Bonchev–Trinajstić information content (AvgIpc) is 3.61. The molecule has 1 amide bonds. The minimum atomic E-state index is -0.759. The van der Waals surface area contributed by atoms with Gasteiger partial charge in [-0.3, -0.25) is 9.20 Å². The number of nitrogens with one attached hydrogen (secondary N) is 1. The van der Waals surface area contributed by atoms with Gasteiger partial charge in [0.15, 0.2) is 40.7 Å². The predicted octanol–water partition coefficient (Wildman–Crippen LogP) is 2.86. The highest BCUT2D eigenvalue weighted by atomic mass is 16.7. The fourth-order valence-electron chi connectivity index (χ4n) is 4.99. The zero-order chi connectivity index (χ0) is 29.5. The molecule has 0 aliphatic carbocycles. The van der Waals surface area contributed by atoms with E-state index in [1.807, 2.05) is 0 Å². The molecule has 0 atom stereocenters. The smallest absolute Gasteiger partial charge is 0.434 e. The Bertz CT molecular complexity index is 1970. The molecule has 4 heterocycles. The van der Waals surface area contributed by atoms with E-state index in [4.69, 9.17) is 23.7 Å². The monoisotopic (exact) mass is 576 g/mol. The number of aromatic nitrogens is 4. The van der Waals surface area contributed by atoms with Gasteiger partial charge in [0.05, 0.1) is 43.2 Å². The zero-order valence-electron chi connectivity index (χ0n) is 22.7. The van der Waals surface area contributed by atoms with Gasteiger partial charge < -0.3 is 39.1 Å². The maximum Gasteiger partial charge on any atom is 0.434 e. The van der Waals surface area contributed by atoms with Crippen LogP contribution < -0.4 is 29.7 Å². The lowest BCUT2D eigenvalue weighted by Gasteiger charge is -2.16. The Kier molecular flexibility index (Phi) is 6.60. The summed E-state index contributed by atoms with van der Waals surface area (Å²) in [4.78, 5) is 45.1. The summed E-state index contributed by atoms with van der Waals surface area (Å²) in [6.07, 6.45) is 2.27. The van der Waals surface area contributed by atoms with Crippen LogP contribution in [0.5, 0.6) is 23.0 Å². The van der Waals surface area contributed by atoms with Crippen molar-refractivity contribution in [1.82, 2.24) is 24.3 Å². The molecular formula is C27H24N6O9. The van der Waals surface area contributed by atoms with E-state index in [-0.39, 0.29) is 37.7 Å². The molecule has 5 aromatic rings. The van der Waals surface area contributed by atoms with Crippen molar-refractivity contribution in [2.45, 2.75) is 13.0 Å². The third kappa shape index (κ3) is 4.40. The number of benzene rings is 2. The van der Waals surface area contributed by atoms with Crippen LogP contribution in [-0.2, 0) is 24.8 Å². The molecule has 0 unspecified atom stereocenters. The molecule has 0 radical (unpaired) electrons. The quantitative estimate of drug-likeness (QED) is 0.164. The molecule has 1 aliphatic heterocycles. The lowest BCUT2D eigenvalue weighted by atomic mass is 10.0. The van der Waals surface area contributed by atoms with Crippen LogP contribution in [0.3, 0.4) is 0 Å². The van der Waals surface area contributed by atoms with E-state index >= 15 is 0 Å². The first-order valence-electron chi connectivity index (χ1n) is 12.7. The number of pyridine rings is 1. The van der Waals surface area contributed by atoms with Crippen molar-refractivity contribution >= 4 is 39.4 Å². The number of nitro groups is 1. The van der Waals surface area contributed by atoms with Gasteiger partial charge >= 0.3 is 12.0 Å². The van der Waals surface area contributed by atoms with Crippen LogP contribution >= 0.6 is 0 Å². The number of hydrogen-bond donors (Lipinski definition) is 1. The van der Waals surface area contributed by atoms with Gasteiger partial charge in [-0.05, 0) is 23.5 Å². The number of alkyl carbamates (subject to hydrolysis) is 1. The Hall–Kier alpha value is -5.60.